The van der Waals surface area contributed by atoms with Crippen molar-refractivity contribution in [3.8, 4) is 0 Å². The fourth-order valence-corrected chi connectivity index (χ4v) is 0.915. The van der Waals surface area contributed by atoms with E-state index >= 15 is 0 Å². The first kappa shape index (κ1) is 26.3. The summed E-state index contributed by atoms with van der Waals surface area (Å²) in [6.45, 7) is 16.9. The largest absolute Gasteiger partial charge is 0 e. The van der Waals surface area contributed by atoms with Gasteiger partial charge in [-0.25, -0.2) is 0 Å². The summed E-state index contributed by atoms with van der Waals surface area (Å²) in [5.74, 6) is 0. The molecule has 1 aromatic carbocycles. The molecule has 0 fully saturated rings. The van der Waals surface area contributed by atoms with E-state index in [-0.39, 0.29) is 17.4 Å². The van der Waals surface area contributed by atoms with Gasteiger partial charge in [-0.3, -0.25) is 0 Å². The molecule has 1 aromatic rings. The molecule has 0 N–H and O–H groups in total. The molecule has 0 saturated carbocycles. The van der Waals surface area contributed by atoms with Gasteiger partial charge in [0.05, 0.1) is 13.2 Å². The van der Waals surface area contributed by atoms with Crippen molar-refractivity contribution >= 4 is 0 Å². The van der Waals surface area contributed by atoms with Gasteiger partial charge in [0, 0.05) is 17.4 Å². The number of hydrogen-bond acceptors (Lipinski definition) is 1. The van der Waals surface area contributed by atoms with Crippen molar-refractivity contribution in [2.24, 2.45) is 0 Å². The van der Waals surface area contributed by atoms with Gasteiger partial charge in [-0.15, -0.1) is 0 Å². The minimum atomic E-state index is 0. The SMILES string of the molecule is C/C=C\COCc1ccccc1.[C-]#[O+].[C-]#[O+].[C-]#[O+].[Cr]. The standard InChI is InChI=1S/C11H14O.3CO.Cr/c1-2-3-9-12-10-11-7-5-4-6-8-11;3*1-2;/h2-8H,9-10H2,1H3;;;;/b3-2-;;;;. The summed E-state index contributed by atoms with van der Waals surface area (Å²) < 4.78 is 27.9. The second-order valence-corrected chi connectivity index (χ2v) is 2.57. The van der Waals surface area contributed by atoms with E-state index < -0.39 is 0 Å². The van der Waals surface area contributed by atoms with Gasteiger partial charge in [0.25, 0.3) is 0 Å². The number of hydrogen-bond donors (Lipinski definition) is 0. The Morgan fingerprint density at radius 2 is 1.47 bits per heavy atom. The number of ether oxygens (including phenoxy) is 1. The summed E-state index contributed by atoms with van der Waals surface area (Å²) in [7, 11) is 0. The Balaban J connectivity index is -0.000000142. The molecule has 5 heteroatoms. The van der Waals surface area contributed by atoms with E-state index in [9.17, 15) is 0 Å². The Hall–Kier alpha value is -1.33. The summed E-state index contributed by atoms with van der Waals surface area (Å²) in [5.41, 5.74) is 1.22. The summed E-state index contributed by atoms with van der Waals surface area (Å²) in [6, 6.07) is 10.2. The van der Waals surface area contributed by atoms with Gasteiger partial charge in [0.2, 0.25) is 0 Å². The van der Waals surface area contributed by atoms with Gasteiger partial charge >= 0.3 is 33.9 Å². The minimum Gasteiger partial charge on any atom is 0 e. The van der Waals surface area contributed by atoms with Gasteiger partial charge in [-0.1, -0.05) is 42.5 Å². The molecule has 0 heterocycles. The third-order valence-electron chi connectivity index (χ3n) is 1.56. The van der Waals surface area contributed by atoms with Crippen LogP contribution >= 0.6 is 0 Å². The fourth-order valence-electron chi connectivity index (χ4n) is 0.915. The molecule has 0 aliphatic rings. The summed E-state index contributed by atoms with van der Waals surface area (Å²) in [6.07, 6.45) is 3.99. The minimum absolute atomic E-state index is 0. The molecule has 0 aromatic heterocycles. The molecule has 1 rings (SSSR count). The Morgan fingerprint density at radius 1 is 1.00 bits per heavy atom. The maximum atomic E-state index is 7.50. The van der Waals surface area contributed by atoms with Crippen LogP contribution in [0.15, 0.2) is 42.5 Å². The van der Waals surface area contributed by atoms with E-state index in [2.05, 4.69) is 32.1 Å². The molecule has 19 heavy (non-hydrogen) atoms. The molecule has 0 saturated heterocycles. The third kappa shape index (κ3) is 22.4. The monoisotopic (exact) mass is 298 g/mol. The Bertz CT molecular complexity index is 327. The van der Waals surface area contributed by atoms with E-state index in [1.165, 1.54) is 5.56 Å². The third-order valence-corrected chi connectivity index (χ3v) is 1.56. The summed E-state index contributed by atoms with van der Waals surface area (Å²) in [4.78, 5) is 0. The molecule has 0 aliphatic carbocycles. The molecular weight excluding hydrogens is 284 g/mol. The normalized spacial score (nSPS) is 7.11. The number of benzene rings is 1. The molecule has 0 atom stereocenters. The van der Waals surface area contributed by atoms with E-state index in [0.717, 1.165) is 0 Å². The van der Waals surface area contributed by atoms with Gasteiger partial charge in [-0.2, -0.15) is 0 Å². The van der Waals surface area contributed by atoms with Crippen molar-refractivity contribution in [1.82, 2.24) is 0 Å². The second kappa shape index (κ2) is 30.1. The zero-order valence-corrected chi connectivity index (χ0v) is 11.8. The second-order valence-electron chi connectivity index (χ2n) is 2.57. The molecule has 0 bridgehead atoms. The molecule has 0 radical (unpaired) electrons. The van der Waals surface area contributed by atoms with Crippen LogP contribution in [0.4, 0.5) is 0 Å². The zero-order valence-electron chi connectivity index (χ0n) is 10.5. The predicted octanol–water partition coefficient (Wildman–Crippen LogP) is 2.66. The Kier molecular flexibility index (Phi) is 41.6. The first-order chi connectivity index (χ1) is 8.93. The van der Waals surface area contributed by atoms with Crippen LogP contribution in [0.2, 0.25) is 0 Å². The molecule has 0 unspecified atom stereocenters. The van der Waals surface area contributed by atoms with Crippen LogP contribution in [0.5, 0.6) is 0 Å². The van der Waals surface area contributed by atoms with Crippen molar-refractivity contribution in [1.29, 1.82) is 0 Å². The Labute approximate surface area is 124 Å². The van der Waals surface area contributed by atoms with Crippen LogP contribution in [-0.4, -0.2) is 6.61 Å². The zero-order chi connectivity index (χ0) is 14.6. The maximum absolute atomic E-state index is 7.50. The molecule has 0 aliphatic heterocycles. The summed E-state index contributed by atoms with van der Waals surface area (Å²) >= 11 is 0. The fraction of sp³-hybridized carbons (Fsp3) is 0.214. The average molecular weight is 298 g/mol. The maximum Gasteiger partial charge on any atom is 0 e. The molecular formula is C14H14CrO4. The van der Waals surface area contributed by atoms with Crippen molar-refractivity contribution in [3.63, 3.8) is 0 Å². The quantitative estimate of drug-likeness (QED) is 0.364. The van der Waals surface area contributed by atoms with E-state index in [1.807, 2.05) is 37.3 Å². The average Bonchev–Trinajstić information content (AvgIpc) is 2.51. The number of allylic oxidation sites excluding steroid dienone is 1. The molecule has 4 nitrogen and oxygen atoms in total. The Morgan fingerprint density at radius 3 is 1.89 bits per heavy atom. The first-order valence-electron chi connectivity index (χ1n) is 4.77. The van der Waals surface area contributed by atoms with Crippen LogP contribution in [0.1, 0.15) is 12.5 Å². The molecule has 100 valence electrons. The van der Waals surface area contributed by atoms with E-state index in [0.29, 0.717) is 13.2 Å². The topological polar surface area (TPSA) is 68.9 Å². The van der Waals surface area contributed by atoms with E-state index in [4.69, 9.17) is 18.7 Å². The molecule has 0 spiro atoms. The first-order valence-corrected chi connectivity index (χ1v) is 4.77. The van der Waals surface area contributed by atoms with Crippen LogP contribution in [-0.2, 0) is 42.7 Å². The van der Waals surface area contributed by atoms with E-state index in [1.54, 1.807) is 0 Å². The van der Waals surface area contributed by atoms with Crippen molar-refractivity contribution in [3.05, 3.63) is 68.0 Å². The van der Waals surface area contributed by atoms with Crippen LogP contribution in [0.3, 0.4) is 0 Å². The molecule has 0 amide bonds. The smallest absolute Gasteiger partial charge is 0 e. The van der Waals surface area contributed by atoms with Crippen LogP contribution in [0, 0.1) is 20.0 Å². The van der Waals surface area contributed by atoms with Crippen molar-refractivity contribution in [2.75, 3.05) is 6.61 Å². The van der Waals surface area contributed by atoms with Gasteiger partial charge in [-0.05, 0) is 12.5 Å². The van der Waals surface area contributed by atoms with Crippen LogP contribution in [0.25, 0.3) is 0 Å². The summed E-state index contributed by atoms with van der Waals surface area (Å²) in [5, 5.41) is 0. The van der Waals surface area contributed by atoms with Crippen molar-refractivity contribution < 1.29 is 36.1 Å². The van der Waals surface area contributed by atoms with Gasteiger partial charge < -0.3 is 4.74 Å². The van der Waals surface area contributed by atoms with Gasteiger partial charge in [0.15, 0.2) is 0 Å². The van der Waals surface area contributed by atoms with Gasteiger partial charge in [0.1, 0.15) is 0 Å². The van der Waals surface area contributed by atoms with Crippen LogP contribution < -0.4 is 0 Å². The number of rotatable bonds is 4. The van der Waals surface area contributed by atoms with Crippen molar-refractivity contribution in [2.45, 2.75) is 13.5 Å². The predicted molar refractivity (Wildman–Crippen MR) is 62.7 cm³/mol.